The quantitative estimate of drug-likeness (QED) is 0.159. The van der Waals surface area contributed by atoms with Crippen molar-refractivity contribution in [1.82, 2.24) is 4.90 Å². The third kappa shape index (κ3) is 3.63. The number of hydrogen-bond acceptors (Lipinski definition) is 6. The third-order valence-electron chi connectivity index (χ3n) is 8.59. The fourth-order valence-corrected chi connectivity index (χ4v) is 7.17. The Balaban J connectivity index is 1.53. The highest BCUT2D eigenvalue weighted by Gasteiger charge is 2.70. The highest BCUT2D eigenvalue weighted by atomic mass is 79.9. The molecule has 9 heteroatoms. The Morgan fingerprint density at radius 2 is 1.62 bits per heavy atom. The number of benzene rings is 4. The minimum atomic E-state index is -1.47. The lowest BCUT2D eigenvalue weighted by molar-refractivity contribution is -0.384. The molecule has 206 valence electrons. The van der Waals surface area contributed by atoms with Gasteiger partial charge in [0.1, 0.15) is 11.5 Å². The number of rotatable bonds is 5. The van der Waals surface area contributed by atoms with Crippen molar-refractivity contribution >= 4 is 50.9 Å². The van der Waals surface area contributed by atoms with E-state index in [0.29, 0.717) is 16.8 Å². The van der Waals surface area contributed by atoms with Gasteiger partial charge < -0.3 is 10.2 Å². The maximum absolute atomic E-state index is 14.7. The van der Waals surface area contributed by atoms with E-state index >= 15 is 0 Å². The molecule has 0 radical (unpaired) electrons. The number of para-hydroxylation sites is 1. The van der Waals surface area contributed by atoms with Crippen LogP contribution in [0.15, 0.2) is 108 Å². The van der Waals surface area contributed by atoms with Crippen molar-refractivity contribution in [3.63, 3.8) is 0 Å². The lowest BCUT2D eigenvalue weighted by Gasteiger charge is -2.38. The largest absolute Gasteiger partial charge is 0.358 e. The molecule has 3 aliphatic rings. The van der Waals surface area contributed by atoms with Gasteiger partial charge in [-0.15, -0.1) is 0 Å². The highest BCUT2D eigenvalue weighted by Crippen LogP contribution is 2.62. The zero-order valence-corrected chi connectivity index (χ0v) is 23.5. The number of non-ortho nitro benzene ring substituents is 1. The van der Waals surface area contributed by atoms with E-state index in [4.69, 9.17) is 0 Å². The predicted octanol–water partition coefficient (Wildman–Crippen LogP) is 6.34. The minimum absolute atomic E-state index is 0.0950. The minimum Gasteiger partial charge on any atom is -0.358 e. The second-order valence-corrected chi connectivity index (χ2v) is 11.5. The van der Waals surface area contributed by atoms with Gasteiger partial charge in [0.05, 0.1) is 16.9 Å². The van der Waals surface area contributed by atoms with Gasteiger partial charge in [0.2, 0.25) is 5.91 Å². The van der Waals surface area contributed by atoms with E-state index in [1.165, 1.54) is 24.3 Å². The molecule has 4 atom stereocenters. The van der Waals surface area contributed by atoms with Crippen molar-refractivity contribution in [2.75, 3.05) is 5.32 Å². The van der Waals surface area contributed by atoms with Crippen molar-refractivity contribution in [3.8, 4) is 0 Å². The van der Waals surface area contributed by atoms with Crippen molar-refractivity contribution in [2.24, 2.45) is 5.92 Å². The summed E-state index contributed by atoms with van der Waals surface area (Å²) in [7, 11) is 0. The number of carbonyl (C=O) groups is 3. The van der Waals surface area contributed by atoms with E-state index in [0.717, 1.165) is 15.6 Å². The van der Waals surface area contributed by atoms with E-state index in [9.17, 15) is 24.5 Å². The molecule has 1 fully saturated rings. The number of halogens is 1. The van der Waals surface area contributed by atoms with Crippen LogP contribution in [0.3, 0.4) is 0 Å². The maximum Gasteiger partial charge on any atom is 0.270 e. The number of hydrogen-bond donors (Lipinski definition) is 1. The lowest BCUT2D eigenvalue weighted by atomic mass is 9.62. The summed E-state index contributed by atoms with van der Waals surface area (Å²) in [5.74, 6) is -2.36. The summed E-state index contributed by atoms with van der Waals surface area (Å²) in [5.41, 5.74) is 1.67. The molecule has 3 aliphatic heterocycles. The molecule has 0 aliphatic carbocycles. The molecule has 0 unspecified atom stereocenters. The van der Waals surface area contributed by atoms with Crippen molar-refractivity contribution in [2.45, 2.75) is 17.5 Å². The zero-order chi connectivity index (χ0) is 29.2. The number of Topliss-reactive ketones (excluding diaryl/α,β-unsaturated/α-hetero) is 2. The van der Waals surface area contributed by atoms with Crippen LogP contribution in [0.4, 0.5) is 11.4 Å². The molecule has 3 heterocycles. The van der Waals surface area contributed by atoms with Gasteiger partial charge in [-0.05, 0) is 41.0 Å². The van der Waals surface area contributed by atoms with Gasteiger partial charge in [-0.1, -0.05) is 82.7 Å². The summed E-state index contributed by atoms with van der Waals surface area (Å²) in [6, 6.07) is 25.5. The number of anilines is 1. The SMILES string of the molecule is O=C(c1ccc(Br)cc1)[C@@H]1[C@H](C(=O)c2cccc([N+](=O)[O-])c2)N2C=Cc3ccccc3[C@@H]2[C@]12C(=O)Nc1ccccc12. The fraction of sp³-hybridized carbons (Fsp3) is 0.121. The Hall–Kier alpha value is -4.89. The van der Waals surface area contributed by atoms with E-state index in [1.54, 1.807) is 36.5 Å². The van der Waals surface area contributed by atoms with E-state index in [2.05, 4.69) is 21.2 Å². The first-order valence-corrected chi connectivity index (χ1v) is 14.2. The number of ketones is 2. The van der Waals surface area contributed by atoms with Crippen LogP contribution in [0, 0.1) is 16.0 Å². The molecular formula is C33H22BrN3O5. The molecule has 1 amide bonds. The zero-order valence-electron chi connectivity index (χ0n) is 21.9. The molecule has 0 bridgehead atoms. The number of nitro benzene ring substituents is 1. The fourth-order valence-electron chi connectivity index (χ4n) is 6.90. The standard InChI is InChI=1S/C33H22BrN3O5/c34-22-14-12-20(13-15-22)29(38)27-28(30(39)21-7-5-8-23(18-21)37(41)42)36-17-16-19-6-1-2-9-24(19)31(36)33(27)25-10-3-4-11-26(25)35-32(33)40/h1-18,27-28,31H,(H,35,40)/t27-,28+,31+,33+/m0/s1. The molecular weight excluding hydrogens is 598 g/mol. The number of carbonyl (C=O) groups excluding carboxylic acids is 3. The summed E-state index contributed by atoms with van der Waals surface area (Å²) >= 11 is 3.42. The molecule has 8 nitrogen and oxygen atoms in total. The first-order valence-electron chi connectivity index (χ1n) is 13.4. The Morgan fingerprint density at radius 3 is 2.40 bits per heavy atom. The first-order chi connectivity index (χ1) is 20.3. The average Bonchev–Trinajstić information content (AvgIpc) is 3.49. The molecule has 0 aromatic heterocycles. The Morgan fingerprint density at radius 1 is 0.881 bits per heavy atom. The van der Waals surface area contributed by atoms with Crippen LogP contribution in [0.1, 0.15) is 43.4 Å². The Bertz CT molecular complexity index is 1850. The highest BCUT2D eigenvalue weighted by molar-refractivity contribution is 9.10. The summed E-state index contributed by atoms with van der Waals surface area (Å²) in [5, 5.41) is 14.6. The summed E-state index contributed by atoms with van der Waals surface area (Å²) < 4.78 is 0.780. The first kappa shape index (κ1) is 26.0. The average molecular weight is 620 g/mol. The van der Waals surface area contributed by atoms with Crippen LogP contribution in [-0.4, -0.2) is 33.3 Å². The van der Waals surface area contributed by atoms with E-state index in [1.807, 2.05) is 53.4 Å². The van der Waals surface area contributed by atoms with Crippen LogP contribution in [0.5, 0.6) is 0 Å². The number of nitrogens with one attached hydrogen (secondary N) is 1. The molecule has 1 saturated heterocycles. The summed E-state index contributed by atoms with van der Waals surface area (Å²) in [6.45, 7) is 0. The topological polar surface area (TPSA) is 110 Å². The smallest absolute Gasteiger partial charge is 0.270 e. The maximum atomic E-state index is 14.7. The van der Waals surface area contributed by atoms with Crippen LogP contribution in [-0.2, 0) is 10.2 Å². The van der Waals surface area contributed by atoms with Crippen LogP contribution >= 0.6 is 15.9 Å². The van der Waals surface area contributed by atoms with Crippen molar-refractivity contribution in [1.29, 1.82) is 0 Å². The number of nitro groups is 1. The molecule has 1 N–H and O–H groups in total. The molecule has 1 spiro atoms. The Labute approximate surface area is 248 Å². The van der Waals surface area contributed by atoms with Gasteiger partial charge in [0.15, 0.2) is 11.6 Å². The monoisotopic (exact) mass is 619 g/mol. The Kier molecular flexibility index (Phi) is 5.95. The van der Waals surface area contributed by atoms with Gasteiger partial charge in [-0.25, -0.2) is 0 Å². The molecule has 7 rings (SSSR count). The van der Waals surface area contributed by atoms with E-state index in [-0.39, 0.29) is 22.9 Å². The molecule has 4 aromatic carbocycles. The number of amides is 1. The lowest BCUT2D eigenvalue weighted by Crippen LogP contribution is -2.49. The summed E-state index contributed by atoms with van der Waals surface area (Å²) in [4.78, 5) is 56.6. The summed E-state index contributed by atoms with van der Waals surface area (Å²) in [6.07, 6.45) is 3.65. The normalized spacial score (nSPS) is 23.2. The van der Waals surface area contributed by atoms with Gasteiger partial charge in [-0.3, -0.25) is 24.5 Å². The molecule has 0 saturated carbocycles. The second-order valence-electron chi connectivity index (χ2n) is 10.6. The predicted molar refractivity (Wildman–Crippen MR) is 160 cm³/mol. The van der Waals surface area contributed by atoms with Crippen molar-refractivity contribution < 1.29 is 19.3 Å². The molecule has 42 heavy (non-hydrogen) atoms. The number of nitrogens with zero attached hydrogens (tertiary/aromatic N) is 2. The number of fused-ring (bicyclic) bond motifs is 6. The van der Waals surface area contributed by atoms with Crippen LogP contribution < -0.4 is 5.32 Å². The second kappa shape index (κ2) is 9.60. The van der Waals surface area contributed by atoms with Crippen LogP contribution in [0.25, 0.3) is 6.08 Å². The van der Waals surface area contributed by atoms with Gasteiger partial charge in [0, 0.05) is 39.6 Å². The van der Waals surface area contributed by atoms with Gasteiger partial charge in [-0.2, -0.15) is 0 Å². The van der Waals surface area contributed by atoms with Crippen molar-refractivity contribution in [3.05, 3.63) is 146 Å². The molecule has 4 aromatic rings. The van der Waals surface area contributed by atoms with Gasteiger partial charge >= 0.3 is 0 Å². The van der Waals surface area contributed by atoms with E-state index < -0.39 is 34.1 Å². The van der Waals surface area contributed by atoms with Crippen LogP contribution in [0.2, 0.25) is 0 Å². The van der Waals surface area contributed by atoms with Gasteiger partial charge in [0.25, 0.3) is 5.69 Å². The third-order valence-corrected chi connectivity index (χ3v) is 9.12.